The van der Waals surface area contributed by atoms with Gasteiger partial charge in [0.05, 0.1) is 19.8 Å². The van der Waals surface area contributed by atoms with E-state index in [1.165, 1.54) is 5.56 Å². The standard InChI is InChI=1S/C17H25N5O3S.ClH/c1-18-16-17(21-26(23)20-16)19-7-2-10-25-15-5-3-14(4-6-15)13-22-8-11-24-12-9-22;/h3-6H,2,7-13H2,1H3,(H,18,20)(H,19,21);1H. The topological polar surface area (TPSA) is 101 Å². The largest absolute Gasteiger partial charge is 0.549 e. The van der Waals surface area contributed by atoms with Gasteiger partial charge in [-0.1, -0.05) is 12.1 Å². The summed E-state index contributed by atoms with van der Waals surface area (Å²) in [6.07, 6.45) is 0.768. The first-order valence-electron chi connectivity index (χ1n) is 8.73. The predicted octanol–water partition coefficient (Wildman–Crippen LogP) is 1.22. The van der Waals surface area contributed by atoms with E-state index < -0.39 is 11.1 Å². The van der Waals surface area contributed by atoms with Gasteiger partial charge in [-0.05, 0) is 17.7 Å². The fourth-order valence-electron chi connectivity index (χ4n) is 2.71. The van der Waals surface area contributed by atoms with Gasteiger partial charge in [-0.3, -0.25) is 14.9 Å². The molecule has 1 atom stereocenters. The van der Waals surface area contributed by atoms with E-state index in [2.05, 4.69) is 35.8 Å². The number of hydrogen-bond acceptors (Lipinski definition) is 6. The second-order valence-corrected chi connectivity index (χ2v) is 6.96. The first-order valence-corrected chi connectivity index (χ1v) is 9.88. The number of H-pyrrole nitrogens is 2. The van der Waals surface area contributed by atoms with Gasteiger partial charge in [0, 0.05) is 39.6 Å². The monoisotopic (exact) mass is 415 g/mol. The molecule has 0 saturated carbocycles. The van der Waals surface area contributed by atoms with E-state index in [1.54, 1.807) is 7.05 Å². The number of hydrogen-bond donors (Lipinski definition) is 2. The zero-order valence-corrected chi connectivity index (χ0v) is 17.0. The van der Waals surface area contributed by atoms with E-state index >= 15 is 0 Å². The number of halogens is 1. The molecule has 0 radical (unpaired) electrons. The number of aromatic nitrogens is 2. The summed E-state index contributed by atoms with van der Waals surface area (Å²) in [6, 6.07) is 8.24. The second-order valence-electron chi connectivity index (χ2n) is 6.01. The average Bonchev–Trinajstić information content (AvgIpc) is 3.03. The lowest BCUT2D eigenvalue weighted by atomic mass is 10.2. The predicted molar refractivity (Wildman–Crippen MR) is 106 cm³/mol. The molecule has 0 amide bonds. The Hall–Kier alpha value is -1.65. The molecule has 8 nitrogen and oxygen atoms in total. The molecule has 27 heavy (non-hydrogen) atoms. The quantitative estimate of drug-likeness (QED) is 0.524. The maximum absolute atomic E-state index is 11.3. The lowest BCUT2D eigenvalue weighted by Gasteiger charge is -2.26. The van der Waals surface area contributed by atoms with Crippen LogP contribution in [-0.2, 0) is 11.3 Å². The van der Waals surface area contributed by atoms with Gasteiger partial charge < -0.3 is 14.0 Å². The highest BCUT2D eigenvalue weighted by Crippen LogP contribution is 2.14. The number of morpholine rings is 1. The molecule has 0 spiro atoms. The highest BCUT2D eigenvalue weighted by molar-refractivity contribution is 7.13. The summed E-state index contributed by atoms with van der Waals surface area (Å²) in [5, 5.41) is 0. The summed E-state index contributed by atoms with van der Waals surface area (Å²) < 4.78 is 27.9. The molecular weight excluding hydrogens is 390 g/mol. The van der Waals surface area contributed by atoms with Crippen molar-refractivity contribution in [2.45, 2.75) is 13.0 Å². The third-order valence-corrected chi connectivity index (χ3v) is 4.86. The van der Waals surface area contributed by atoms with E-state index in [9.17, 15) is 4.55 Å². The van der Waals surface area contributed by atoms with Gasteiger partial charge in [0.2, 0.25) is 11.0 Å². The van der Waals surface area contributed by atoms with Crippen molar-refractivity contribution < 1.29 is 14.0 Å². The first kappa shape index (κ1) is 21.6. The molecule has 1 aromatic carbocycles. The number of nitrogens with zero attached hydrogens (tertiary/aromatic N) is 3. The average molecular weight is 416 g/mol. The van der Waals surface area contributed by atoms with Crippen molar-refractivity contribution in [3.8, 4) is 5.75 Å². The van der Waals surface area contributed by atoms with Crippen molar-refractivity contribution in [1.82, 2.24) is 13.6 Å². The van der Waals surface area contributed by atoms with Crippen LogP contribution in [0.15, 0.2) is 34.3 Å². The lowest BCUT2D eigenvalue weighted by molar-refractivity contribution is 0.0342. The van der Waals surface area contributed by atoms with Crippen LogP contribution in [-0.4, -0.2) is 64.7 Å². The highest BCUT2D eigenvalue weighted by Gasteiger charge is 2.10. The van der Waals surface area contributed by atoms with Crippen LogP contribution in [0.2, 0.25) is 0 Å². The number of ether oxygens (including phenoxy) is 2. The van der Waals surface area contributed by atoms with E-state index in [-0.39, 0.29) is 12.4 Å². The van der Waals surface area contributed by atoms with Gasteiger partial charge >= 0.3 is 0 Å². The fourth-order valence-corrected chi connectivity index (χ4v) is 3.46. The summed E-state index contributed by atoms with van der Waals surface area (Å²) in [5.74, 6) is 0.862. The molecule has 10 heteroatoms. The molecule has 1 fully saturated rings. The molecule has 1 unspecified atom stereocenters. The van der Waals surface area contributed by atoms with Crippen LogP contribution in [0.3, 0.4) is 0 Å². The van der Waals surface area contributed by atoms with Crippen LogP contribution in [0, 0.1) is 0 Å². The molecule has 1 aromatic heterocycles. The zero-order chi connectivity index (χ0) is 18.2. The first-order chi connectivity index (χ1) is 12.7. The zero-order valence-electron chi connectivity index (χ0n) is 15.3. The van der Waals surface area contributed by atoms with Crippen molar-refractivity contribution >= 4 is 23.5 Å². The van der Waals surface area contributed by atoms with Gasteiger partial charge in [-0.25, -0.2) is 0 Å². The summed E-state index contributed by atoms with van der Waals surface area (Å²) >= 11 is -1.33. The van der Waals surface area contributed by atoms with Gasteiger partial charge in [0.25, 0.3) is 0 Å². The number of rotatable bonds is 7. The molecule has 2 heterocycles. The summed E-state index contributed by atoms with van der Waals surface area (Å²) in [5.41, 5.74) is 2.35. The summed E-state index contributed by atoms with van der Waals surface area (Å²) in [6.45, 7) is 5.72. The van der Waals surface area contributed by atoms with Crippen LogP contribution < -0.4 is 15.7 Å². The molecule has 1 saturated heterocycles. The summed E-state index contributed by atoms with van der Waals surface area (Å²) in [4.78, 5) is 10.7. The van der Waals surface area contributed by atoms with Crippen molar-refractivity contribution in [1.29, 1.82) is 0 Å². The van der Waals surface area contributed by atoms with Crippen LogP contribution in [0.4, 0.5) is 0 Å². The van der Waals surface area contributed by atoms with Gasteiger partial charge in [-0.2, -0.15) is 8.75 Å². The minimum absolute atomic E-state index is 0. The van der Waals surface area contributed by atoms with Crippen LogP contribution >= 0.6 is 23.5 Å². The Kier molecular flexibility index (Phi) is 9.02. The Labute approximate surface area is 167 Å². The Bertz CT molecular complexity index is 809. The van der Waals surface area contributed by atoms with E-state index in [0.717, 1.165) is 45.0 Å². The third kappa shape index (κ3) is 6.78. The second kappa shape index (κ2) is 11.3. The number of aromatic amines is 2. The normalized spacial score (nSPS) is 17.0. The van der Waals surface area contributed by atoms with Crippen LogP contribution in [0.25, 0.3) is 0 Å². The van der Waals surface area contributed by atoms with Crippen molar-refractivity contribution in [3.05, 3.63) is 40.8 Å². The molecule has 0 bridgehead atoms. The molecule has 1 aliphatic rings. The van der Waals surface area contributed by atoms with E-state index in [1.807, 2.05) is 12.1 Å². The third-order valence-electron chi connectivity index (χ3n) is 4.10. The maximum atomic E-state index is 11.3. The summed E-state index contributed by atoms with van der Waals surface area (Å²) in [7, 11) is 1.63. The van der Waals surface area contributed by atoms with Crippen molar-refractivity contribution in [3.63, 3.8) is 0 Å². The van der Waals surface area contributed by atoms with Crippen molar-refractivity contribution in [2.24, 2.45) is 9.98 Å². The fraction of sp³-hybridized carbons (Fsp3) is 0.529. The van der Waals surface area contributed by atoms with E-state index in [4.69, 9.17) is 9.47 Å². The minimum atomic E-state index is -1.33. The number of benzene rings is 1. The Balaban J connectivity index is 0.00000261. The van der Waals surface area contributed by atoms with Crippen molar-refractivity contribution in [2.75, 3.05) is 46.5 Å². The maximum Gasteiger partial charge on any atom is 0.219 e. The number of nitrogens with one attached hydrogen (secondary N) is 2. The van der Waals surface area contributed by atoms with Gasteiger partial charge in [0.1, 0.15) is 16.9 Å². The van der Waals surface area contributed by atoms with Crippen LogP contribution in [0.5, 0.6) is 5.75 Å². The molecule has 2 aromatic rings. The Morgan fingerprint density at radius 3 is 2.59 bits per heavy atom. The van der Waals surface area contributed by atoms with E-state index in [0.29, 0.717) is 24.1 Å². The molecular formula is C17H26ClN5O3S. The molecule has 3 rings (SSSR count). The van der Waals surface area contributed by atoms with Gasteiger partial charge in [0.15, 0.2) is 0 Å². The minimum Gasteiger partial charge on any atom is -0.549 e. The Morgan fingerprint density at radius 1 is 1.19 bits per heavy atom. The lowest BCUT2D eigenvalue weighted by Crippen LogP contribution is -2.35. The molecule has 150 valence electrons. The molecule has 0 aliphatic carbocycles. The Morgan fingerprint density at radius 2 is 1.89 bits per heavy atom. The highest BCUT2D eigenvalue weighted by atomic mass is 35.5. The van der Waals surface area contributed by atoms with Crippen LogP contribution in [0.1, 0.15) is 12.0 Å². The smallest absolute Gasteiger partial charge is 0.219 e. The molecule has 1 aliphatic heterocycles. The SMILES string of the molecule is CN=c1[nH][s+]([O-])[nH]c1=NCCCOc1ccc(CN2CCOCC2)cc1.Cl. The molecule has 2 N–H and O–H groups in total. The van der Waals surface area contributed by atoms with Gasteiger partial charge in [-0.15, -0.1) is 12.4 Å².